The molecule has 0 atom stereocenters. The third kappa shape index (κ3) is 1.68. The summed E-state index contributed by atoms with van der Waals surface area (Å²) < 4.78 is 11.5. The molecule has 10 heavy (non-hydrogen) atoms. The molecule has 1 aliphatic carbocycles. The molecule has 0 spiro atoms. The highest BCUT2D eigenvalue weighted by Gasteiger charge is 2.21. The van der Waals surface area contributed by atoms with Gasteiger partial charge in [0.1, 0.15) is 0 Å². The molecule has 0 unspecified atom stereocenters. The minimum absolute atomic E-state index is 0.131. The Labute approximate surface area is 59.5 Å². The Morgan fingerprint density at radius 2 is 1.90 bits per heavy atom. The van der Waals surface area contributed by atoms with Crippen molar-refractivity contribution in [3.05, 3.63) is 0 Å². The molecular weight excluding hydrogens is 133 g/mol. The van der Waals surface area contributed by atoms with Gasteiger partial charge in [-0.1, -0.05) is 0 Å². The van der Waals surface area contributed by atoms with Crippen LogP contribution in [0.15, 0.2) is 0 Å². The molecule has 0 amide bonds. The summed E-state index contributed by atoms with van der Waals surface area (Å²) in [5.41, 5.74) is 0. The van der Waals surface area contributed by atoms with Crippen molar-refractivity contribution in [1.29, 1.82) is 5.26 Å². The van der Waals surface area contributed by atoms with Gasteiger partial charge in [-0.2, -0.15) is 10.2 Å². The monoisotopic (exact) mass is 143 g/mol. The number of nitrogens with zero attached hydrogens (tertiary/aromatic N) is 1. The lowest BCUT2D eigenvalue weighted by Crippen LogP contribution is -2.18. The van der Waals surface area contributed by atoms with Gasteiger partial charge in [-0.05, 0) is 30.2 Å². The zero-order chi connectivity index (χ0) is 7.40. The standard InChI is InChI=1S/C7H10FNO/c8-10-7-3-1-6(5-9)2-4-7/h6-7H,1-4H2. The summed E-state index contributed by atoms with van der Waals surface area (Å²) in [5.74, 6) is 0.131. The molecule has 1 fully saturated rings. The third-order valence-corrected chi connectivity index (χ3v) is 1.98. The maximum atomic E-state index is 11.5. The van der Waals surface area contributed by atoms with Crippen LogP contribution in [0.4, 0.5) is 4.53 Å². The molecule has 3 heteroatoms. The van der Waals surface area contributed by atoms with E-state index in [1.165, 1.54) is 0 Å². The van der Waals surface area contributed by atoms with Crippen LogP contribution in [-0.4, -0.2) is 6.10 Å². The summed E-state index contributed by atoms with van der Waals surface area (Å²) >= 11 is 0. The van der Waals surface area contributed by atoms with Crippen molar-refractivity contribution in [2.24, 2.45) is 5.92 Å². The smallest absolute Gasteiger partial charge is 0.0984 e. The van der Waals surface area contributed by atoms with Gasteiger partial charge in [-0.15, -0.1) is 0 Å². The molecule has 0 radical (unpaired) electrons. The molecule has 1 saturated carbocycles. The Kier molecular flexibility index (Phi) is 2.64. The molecule has 0 bridgehead atoms. The topological polar surface area (TPSA) is 33.0 Å². The third-order valence-electron chi connectivity index (χ3n) is 1.98. The average Bonchev–Trinajstić information content (AvgIpc) is 2.05. The second kappa shape index (κ2) is 3.52. The molecule has 0 heterocycles. The number of rotatable bonds is 1. The minimum atomic E-state index is -0.246. The lowest BCUT2D eigenvalue weighted by molar-refractivity contribution is -0.188. The van der Waals surface area contributed by atoms with Gasteiger partial charge in [-0.3, -0.25) is 0 Å². The number of hydrogen-bond acceptors (Lipinski definition) is 2. The van der Waals surface area contributed by atoms with E-state index in [1.807, 2.05) is 0 Å². The summed E-state index contributed by atoms with van der Waals surface area (Å²) in [4.78, 5) is 3.67. The highest BCUT2D eigenvalue weighted by atomic mass is 19.3. The Hall–Kier alpha value is -0.620. The molecule has 0 aromatic carbocycles. The van der Waals surface area contributed by atoms with Crippen LogP contribution in [0.3, 0.4) is 0 Å². The van der Waals surface area contributed by atoms with Gasteiger partial charge in [-0.25, -0.2) is 0 Å². The Bertz CT molecular complexity index is 135. The molecule has 0 saturated heterocycles. The van der Waals surface area contributed by atoms with Crippen LogP contribution in [0.25, 0.3) is 0 Å². The fraction of sp³-hybridized carbons (Fsp3) is 0.857. The normalized spacial score (nSPS) is 33.2. The summed E-state index contributed by atoms with van der Waals surface area (Å²) in [6, 6.07) is 2.17. The van der Waals surface area contributed by atoms with Crippen molar-refractivity contribution in [2.45, 2.75) is 31.8 Å². The quantitative estimate of drug-likeness (QED) is 0.562. The van der Waals surface area contributed by atoms with Gasteiger partial charge in [0.05, 0.1) is 12.2 Å². The first-order valence-corrected chi connectivity index (χ1v) is 3.54. The number of hydrogen-bond donors (Lipinski definition) is 0. The predicted octanol–water partition coefficient (Wildman–Crippen LogP) is 1.97. The lowest BCUT2D eigenvalue weighted by atomic mass is 9.89. The molecule has 1 rings (SSSR count). The summed E-state index contributed by atoms with van der Waals surface area (Å²) in [7, 11) is 0. The van der Waals surface area contributed by atoms with Crippen molar-refractivity contribution >= 4 is 0 Å². The first kappa shape index (κ1) is 7.49. The van der Waals surface area contributed by atoms with Gasteiger partial charge in [0.15, 0.2) is 0 Å². The zero-order valence-electron chi connectivity index (χ0n) is 5.72. The van der Waals surface area contributed by atoms with Crippen LogP contribution in [0.1, 0.15) is 25.7 Å². The van der Waals surface area contributed by atoms with E-state index in [9.17, 15) is 4.53 Å². The number of halogens is 1. The Balaban J connectivity index is 2.25. The van der Waals surface area contributed by atoms with Crippen LogP contribution in [0.5, 0.6) is 0 Å². The molecule has 2 nitrogen and oxygen atoms in total. The first-order chi connectivity index (χ1) is 4.86. The molecular formula is C7H10FNO. The van der Waals surface area contributed by atoms with E-state index in [0.717, 1.165) is 12.8 Å². The van der Waals surface area contributed by atoms with Crippen LogP contribution in [0.2, 0.25) is 0 Å². The molecule has 56 valence electrons. The predicted molar refractivity (Wildman–Crippen MR) is 33.6 cm³/mol. The summed E-state index contributed by atoms with van der Waals surface area (Å²) in [6.45, 7) is 0. The van der Waals surface area contributed by atoms with Crippen LogP contribution in [-0.2, 0) is 4.94 Å². The first-order valence-electron chi connectivity index (χ1n) is 3.54. The van der Waals surface area contributed by atoms with Crippen molar-refractivity contribution in [2.75, 3.05) is 0 Å². The van der Waals surface area contributed by atoms with E-state index in [0.29, 0.717) is 12.8 Å². The van der Waals surface area contributed by atoms with Crippen molar-refractivity contribution in [3.63, 3.8) is 0 Å². The number of nitriles is 1. The molecule has 1 aliphatic rings. The summed E-state index contributed by atoms with van der Waals surface area (Å²) in [5, 5.41) is 8.47. The van der Waals surface area contributed by atoms with E-state index in [-0.39, 0.29) is 12.0 Å². The minimum Gasteiger partial charge on any atom is -0.198 e. The molecule has 0 aromatic heterocycles. The maximum absolute atomic E-state index is 11.5. The van der Waals surface area contributed by atoms with E-state index >= 15 is 0 Å². The highest BCUT2D eigenvalue weighted by Crippen LogP contribution is 2.25. The van der Waals surface area contributed by atoms with Crippen molar-refractivity contribution in [1.82, 2.24) is 0 Å². The second-order valence-corrected chi connectivity index (χ2v) is 2.69. The fourth-order valence-corrected chi connectivity index (χ4v) is 1.28. The molecule has 0 aliphatic heterocycles. The van der Waals surface area contributed by atoms with Gasteiger partial charge in [0.25, 0.3) is 0 Å². The van der Waals surface area contributed by atoms with Crippen LogP contribution < -0.4 is 0 Å². The fourth-order valence-electron chi connectivity index (χ4n) is 1.28. The second-order valence-electron chi connectivity index (χ2n) is 2.69. The SMILES string of the molecule is N#CC1CCC(OF)CC1. The van der Waals surface area contributed by atoms with Crippen molar-refractivity contribution in [3.8, 4) is 6.07 Å². The highest BCUT2D eigenvalue weighted by molar-refractivity contribution is 4.86. The van der Waals surface area contributed by atoms with Crippen LogP contribution >= 0.6 is 0 Å². The lowest BCUT2D eigenvalue weighted by Gasteiger charge is -2.20. The largest absolute Gasteiger partial charge is 0.198 e. The van der Waals surface area contributed by atoms with E-state index in [1.54, 1.807) is 0 Å². The van der Waals surface area contributed by atoms with Gasteiger partial charge in [0, 0.05) is 5.92 Å². The van der Waals surface area contributed by atoms with Crippen molar-refractivity contribution < 1.29 is 9.47 Å². The van der Waals surface area contributed by atoms with E-state index in [4.69, 9.17) is 5.26 Å². The van der Waals surface area contributed by atoms with E-state index < -0.39 is 0 Å². The summed E-state index contributed by atoms with van der Waals surface area (Å²) in [6.07, 6.45) is 2.70. The Morgan fingerprint density at radius 3 is 2.30 bits per heavy atom. The Morgan fingerprint density at radius 1 is 1.30 bits per heavy atom. The maximum Gasteiger partial charge on any atom is 0.0984 e. The van der Waals surface area contributed by atoms with Gasteiger partial charge in [0.2, 0.25) is 0 Å². The van der Waals surface area contributed by atoms with Crippen LogP contribution in [0, 0.1) is 17.2 Å². The van der Waals surface area contributed by atoms with E-state index in [2.05, 4.69) is 11.0 Å². The molecule has 0 aromatic rings. The van der Waals surface area contributed by atoms with Gasteiger partial charge < -0.3 is 0 Å². The van der Waals surface area contributed by atoms with Gasteiger partial charge >= 0.3 is 0 Å². The molecule has 0 N–H and O–H groups in total. The average molecular weight is 143 g/mol. The zero-order valence-corrected chi connectivity index (χ0v) is 5.72.